The van der Waals surface area contributed by atoms with Gasteiger partial charge in [0.2, 0.25) is 0 Å². The van der Waals surface area contributed by atoms with E-state index in [1.165, 1.54) is 12.1 Å². The van der Waals surface area contributed by atoms with E-state index < -0.39 is 11.6 Å². The summed E-state index contributed by atoms with van der Waals surface area (Å²) in [6.45, 7) is 0. The van der Waals surface area contributed by atoms with Crippen molar-refractivity contribution in [2.75, 3.05) is 5.32 Å². The van der Waals surface area contributed by atoms with Crippen LogP contribution >= 0.6 is 0 Å². The molecule has 0 aliphatic rings. The van der Waals surface area contributed by atoms with Gasteiger partial charge in [0.05, 0.1) is 5.52 Å². The van der Waals surface area contributed by atoms with Gasteiger partial charge in [-0.1, -0.05) is 30.3 Å². The van der Waals surface area contributed by atoms with Gasteiger partial charge in [0.25, 0.3) is 0 Å². The predicted octanol–water partition coefficient (Wildman–Crippen LogP) is 6.38. The molecule has 0 unspecified atom stereocenters. The predicted molar refractivity (Wildman–Crippen MR) is 118 cm³/mol. The molecule has 150 valence electrons. The lowest BCUT2D eigenvalue weighted by molar-refractivity contribution is 0.616. The summed E-state index contributed by atoms with van der Waals surface area (Å²) in [4.78, 5) is 13.3. The van der Waals surface area contributed by atoms with Gasteiger partial charge in [-0.05, 0) is 48.5 Å². The molecule has 4 nitrogen and oxygen atoms in total. The van der Waals surface area contributed by atoms with Crippen molar-refractivity contribution in [2.24, 2.45) is 0 Å². The van der Waals surface area contributed by atoms with Crippen LogP contribution in [0.1, 0.15) is 0 Å². The number of hydrogen-bond donors (Lipinski definition) is 1. The second kappa shape index (κ2) is 7.91. The third kappa shape index (κ3) is 3.71. The minimum Gasteiger partial charge on any atom is -0.340 e. The number of rotatable bonds is 4. The molecule has 0 bridgehead atoms. The molecule has 5 rings (SSSR count). The summed E-state index contributed by atoms with van der Waals surface area (Å²) >= 11 is 0. The molecule has 1 N–H and O–H groups in total. The van der Waals surface area contributed by atoms with Gasteiger partial charge in [-0.15, -0.1) is 0 Å². The maximum atomic E-state index is 14.8. The molecule has 5 aromatic rings. The lowest BCUT2D eigenvalue weighted by Crippen LogP contribution is -2.00. The van der Waals surface area contributed by atoms with Gasteiger partial charge in [0, 0.05) is 40.2 Å². The highest BCUT2D eigenvalue weighted by atomic mass is 19.1. The molecule has 31 heavy (non-hydrogen) atoms. The van der Waals surface area contributed by atoms with Crippen molar-refractivity contribution in [3.05, 3.63) is 103 Å². The van der Waals surface area contributed by atoms with Crippen LogP contribution in [-0.2, 0) is 0 Å². The normalized spacial score (nSPS) is 10.9. The van der Waals surface area contributed by atoms with Crippen molar-refractivity contribution in [1.82, 2.24) is 15.0 Å². The van der Waals surface area contributed by atoms with E-state index in [0.717, 1.165) is 16.5 Å². The topological polar surface area (TPSA) is 50.7 Å². The first-order valence-electron chi connectivity index (χ1n) is 9.68. The van der Waals surface area contributed by atoms with Crippen LogP contribution in [0.5, 0.6) is 0 Å². The molecular weight excluding hydrogens is 394 g/mol. The number of para-hydroxylation sites is 1. The Morgan fingerprint density at radius 2 is 1.42 bits per heavy atom. The number of hydrogen-bond acceptors (Lipinski definition) is 4. The minimum absolute atomic E-state index is 0.202. The molecule has 0 aliphatic carbocycles. The Morgan fingerprint density at radius 1 is 0.677 bits per heavy atom. The van der Waals surface area contributed by atoms with Gasteiger partial charge in [0.15, 0.2) is 5.82 Å². The van der Waals surface area contributed by atoms with Gasteiger partial charge < -0.3 is 5.32 Å². The Kier molecular flexibility index (Phi) is 4.80. The molecular formula is C25H16F2N4. The number of aromatic nitrogens is 3. The van der Waals surface area contributed by atoms with Crippen LogP contribution in [0.2, 0.25) is 0 Å². The molecule has 0 saturated carbocycles. The Bertz CT molecular complexity index is 1390. The van der Waals surface area contributed by atoms with E-state index in [1.54, 1.807) is 42.7 Å². The molecule has 0 atom stereocenters. The number of nitrogens with zero attached hydrogens (tertiary/aromatic N) is 3. The number of anilines is 2. The van der Waals surface area contributed by atoms with Crippen LogP contribution < -0.4 is 5.32 Å². The lowest BCUT2D eigenvalue weighted by atomic mass is 10.0. The number of fused-ring (bicyclic) bond motifs is 1. The van der Waals surface area contributed by atoms with Gasteiger partial charge in [0.1, 0.15) is 17.5 Å². The van der Waals surface area contributed by atoms with E-state index in [4.69, 9.17) is 0 Å². The van der Waals surface area contributed by atoms with Crippen LogP contribution in [0.4, 0.5) is 20.3 Å². The first-order valence-corrected chi connectivity index (χ1v) is 9.68. The monoisotopic (exact) mass is 410 g/mol. The minimum atomic E-state index is -0.525. The Labute approximate surface area is 177 Å². The quantitative estimate of drug-likeness (QED) is 0.373. The molecule has 0 radical (unpaired) electrons. The molecule has 0 amide bonds. The maximum Gasteiger partial charge on any atom is 0.162 e. The number of halogens is 2. The standard InChI is InChI=1S/C25H16F2N4/c26-21-7-3-1-5-18(21)19-10-9-17(15-22(19)27)29-25-20-6-2-4-8-23(20)30-24(31-25)16-11-13-28-14-12-16/h1-15H,(H,29,30,31). The second-order valence-electron chi connectivity index (χ2n) is 6.95. The number of pyridine rings is 1. The van der Waals surface area contributed by atoms with E-state index in [-0.39, 0.29) is 11.1 Å². The third-order valence-corrected chi connectivity index (χ3v) is 4.94. The van der Waals surface area contributed by atoms with Crippen LogP contribution in [0.25, 0.3) is 33.4 Å². The fourth-order valence-electron chi connectivity index (χ4n) is 3.43. The summed E-state index contributed by atoms with van der Waals surface area (Å²) in [6.07, 6.45) is 3.36. The Balaban J connectivity index is 1.56. The number of nitrogens with one attached hydrogen (secondary N) is 1. The van der Waals surface area contributed by atoms with Crippen LogP contribution in [0.15, 0.2) is 91.3 Å². The number of benzene rings is 3. The Morgan fingerprint density at radius 3 is 2.23 bits per heavy atom. The summed E-state index contributed by atoms with van der Waals surface area (Å²) in [5.41, 5.74) is 2.51. The zero-order valence-corrected chi connectivity index (χ0v) is 16.3. The Hall–Kier alpha value is -4.19. The average molecular weight is 410 g/mol. The summed E-state index contributed by atoms with van der Waals surface area (Å²) in [5, 5.41) is 4.00. The fraction of sp³-hybridized carbons (Fsp3) is 0. The molecule has 2 heterocycles. The molecule has 0 spiro atoms. The molecule has 0 fully saturated rings. The summed E-state index contributed by atoms with van der Waals surface area (Å²) in [5.74, 6) is 0.0937. The molecule has 0 aliphatic heterocycles. The van der Waals surface area contributed by atoms with Crippen LogP contribution in [0.3, 0.4) is 0 Å². The SMILES string of the molecule is Fc1ccccc1-c1ccc(Nc2nc(-c3ccncc3)nc3ccccc23)cc1F. The summed E-state index contributed by atoms with van der Waals surface area (Å²) in [7, 11) is 0. The van der Waals surface area contributed by atoms with Crippen LogP contribution in [0, 0.1) is 11.6 Å². The van der Waals surface area contributed by atoms with Crippen molar-refractivity contribution in [2.45, 2.75) is 0 Å². The first-order chi connectivity index (χ1) is 15.2. The highest BCUT2D eigenvalue weighted by Crippen LogP contribution is 2.31. The van der Waals surface area contributed by atoms with Gasteiger partial charge in [-0.2, -0.15) is 0 Å². The van der Waals surface area contributed by atoms with E-state index in [9.17, 15) is 8.78 Å². The lowest BCUT2D eigenvalue weighted by Gasteiger charge is -2.12. The van der Waals surface area contributed by atoms with Gasteiger partial charge in [-0.25, -0.2) is 18.7 Å². The van der Waals surface area contributed by atoms with Crippen molar-refractivity contribution < 1.29 is 8.78 Å². The summed E-state index contributed by atoms with van der Waals surface area (Å²) in [6, 6.07) is 22.0. The van der Waals surface area contributed by atoms with E-state index in [1.807, 2.05) is 36.4 Å². The highest BCUT2D eigenvalue weighted by molar-refractivity contribution is 5.92. The molecule has 2 aromatic heterocycles. The van der Waals surface area contributed by atoms with Crippen LogP contribution in [-0.4, -0.2) is 15.0 Å². The summed E-state index contributed by atoms with van der Waals surface area (Å²) < 4.78 is 28.9. The third-order valence-electron chi connectivity index (χ3n) is 4.94. The zero-order chi connectivity index (χ0) is 21.2. The van der Waals surface area contributed by atoms with E-state index in [2.05, 4.69) is 20.3 Å². The second-order valence-corrected chi connectivity index (χ2v) is 6.95. The highest BCUT2D eigenvalue weighted by Gasteiger charge is 2.13. The zero-order valence-electron chi connectivity index (χ0n) is 16.3. The smallest absolute Gasteiger partial charge is 0.162 e. The maximum absolute atomic E-state index is 14.8. The van der Waals surface area contributed by atoms with E-state index >= 15 is 0 Å². The van der Waals surface area contributed by atoms with Crippen molar-refractivity contribution in [3.63, 3.8) is 0 Å². The fourth-order valence-corrected chi connectivity index (χ4v) is 3.43. The average Bonchev–Trinajstić information content (AvgIpc) is 2.80. The van der Waals surface area contributed by atoms with Crippen molar-refractivity contribution in [1.29, 1.82) is 0 Å². The molecule has 6 heteroatoms. The van der Waals surface area contributed by atoms with Gasteiger partial charge >= 0.3 is 0 Å². The molecule has 0 saturated heterocycles. The largest absolute Gasteiger partial charge is 0.340 e. The van der Waals surface area contributed by atoms with Crippen molar-refractivity contribution >= 4 is 22.4 Å². The van der Waals surface area contributed by atoms with E-state index in [0.29, 0.717) is 17.3 Å². The first kappa shape index (κ1) is 18.8. The van der Waals surface area contributed by atoms with Gasteiger partial charge in [-0.3, -0.25) is 4.98 Å². The molecule has 3 aromatic carbocycles. The van der Waals surface area contributed by atoms with Crippen molar-refractivity contribution in [3.8, 4) is 22.5 Å².